The van der Waals surface area contributed by atoms with Crippen LogP contribution in [-0.2, 0) is 27.1 Å². The lowest BCUT2D eigenvalue weighted by Gasteiger charge is -2.24. The van der Waals surface area contributed by atoms with Crippen molar-refractivity contribution in [2.45, 2.75) is 19.3 Å². The van der Waals surface area contributed by atoms with Crippen LogP contribution in [0.3, 0.4) is 0 Å². The van der Waals surface area contributed by atoms with Gasteiger partial charge in [-0.15, -0.1) is 0 Å². The fourth-order valence-electron chi connectivity index (χ4n) is 2.46. The zero-order valence-electron chi connectivity index (χ0n) is 10.6. The number of methoxy groups -OCH3 is 2. The number of rotatable bonds is 2. The summed E-state index contributed by atoms with van der Waals surface area (Å²) in [4.78, 5) is 23.3. The molecule has 0 bridgehead atoms. The monoisotopic (exact) mass is 248 g/mol. The number of ether oxygens (including phenoxy) is 2. The second kappa shape index (κ2) is 5.21. The van der Waals surface area contributed by atoms with Crippen LogP contribution in [0.2, 0.25) is 0 Å². The lowest BCUT2D eigenvalue weighted by molar-refractivity contribution is -0.145. The lowest BCUT2D eigenvalue weighted by Crippen LogP contribution is -2.25. The number of hydrogen-bond acceptors (Lipinski definition) is 4. The Labute approximate surface area is 106 Å². The Morgan fingerprint density at radius 2 is 2.00 bits per heavy atom. The van der Waals surface area contributed by atoms with Gasteiger partial charge in [0.1, 0.15) is 0 Å². The Bertz CT molecular complexity index is 479. The molecule has 0 aromatic heterocycles. The van der Waals surface area contributed by atoms with Gasteiger partial charge in [0.2, 0.25) is 0 Å². The summed E-state index contributed by atoms with van der Waals surface area (Å²) in [5.41, 5.74) is 2.60. The van der Waals surface area contributed by atoms with Crippen LogP contribution in [0.1, 0.15) is 27.9 Å². The Morgan fingerprint density at radius 1 is 1.22 bits per heavy atom. The van der Waals surface area contributed by atoms with E-state index in [4.69, 9.17) is 9.47 Å². The maximum atomic E-state index is 11.7. The van der Waals surface area contributed by atoms with Crippen LogP contribution in [0, 0.1) is 5.92 Å². The van der Waals surface area contributed by atoms with E-state index in [0.29, 0.717) is 12.0 Å². The van der Waals surface area contributed by atoms with Crippen molar-refractivity contribution in [3.05, 3.63) is 34.9 Å². The van der Waals surface area contributed by atoms with E-state index in [1.807, 2.05) is 12.1 Å². The number of esters is 2. The summed E-state index contributed by atoms with van der Waals surface area (Å²) in [6.07, 6.45) is 2.11. The molecular weight excluding hydrogens is 232 g/mol. The average molecular weight is 248 g/mol. The zero-order valence-corrected chi connectivity index (χ0v) is 10.6. The molecule has 0 spiro atoms. The van der Waals surface area contributed by atoms with Gasteiger partial charge in [0.25, 0.3) is 0 Å². The van der Waals surface area contributed by atoms with Gasteiger partial charge in [-0.25, -0.2) is 4.79 Å². The van der Waals surface area contributed by atoms with Crippen LogP contribution in [0.25, 0.3) is 0 Å². The van der Waals surface area contributed by atoms with Crippen molar-refractivity contribution >= 4 is 11.9 Å². The largest absolute Gasteiger partial charge is 0.469 e. The summed E-state index contributed by atoms with van der Waals surface area (Å²) in [5.74, 6) is -0.717. The number of carbonyl (C=O) groups is 2. The highest BCUT2D eigenvalue weighted by Gasteiger charge is 2.28. The van der Waals surface area contributed by atoms with Crippen LogP contribution < -0.4 is 0 Å². The fourth-order valence-corrected chi connectivity index (χ4v) is 2.46. The predicted molar refractivity (Wildman–Crippen MR) is 65.3 cm³/mol. The van der Waals surface area contributed by atoms with Crippen LogP contribution in [0.5, 0.6) is 0 Å². The van der Waals surface area contributed by atoms with Crippen LogP contribution in [-0.4, -0.2) is 26.2 Å². The molecule has 2 rings (SSSR count). The van der Waals surface area contributed by atoms with Gasteiger partial charge in [0, 0.05) is 0 Å². The van der Waals surface area contributed by atoms with E-state index >= 15 is 0 Å². The van der Waals surface area contributed by atoms with Crippen molar-refractivity contribution < 1.29 is 19.1 Å². The topological polar surface area (TPSA) is 52.6 Å². The van der Waals surface area contributed by atoms with E-state index in [1.54, 1.807) is 6.07 Å². The quantitative estimate of drug-likeness (QED) is 0.748. The van der Waals surface area contributed by atoms with E-state index in [1.165, 1.54) is 14.2 Å². The molecule has 0 saturated carbocycles. The molecule has 1 aliphatic rings. The van der Waals surface area contributed by atoms with Crippen LogP contribution in [0.4, 0.5) is 0 Å². The second-order valence-corrected chi connectivity index (χ2v) is 4.40. The molecule has 0 fully saturated rings. The van der Waals surface area contributed by atoms with Gasteiger partial charge in [0.15, 0.2) is 0 Å². The molecule has 4 heteroatoms. The molecule has 0 aliphatic heterocycles. The predicted octanol–water partition coefficient (Wildman–Crippen LogP) is 1.75. The molecule has 1 atom stereocenters. The minimum atomic E-state index is -0.350. The van der Waals surface area contributed by atoms with Gasteiger partial charge in [-0.3, -0.25) is 4.79 Å². The summed E-state index contributed by atoms with van der Waals surface area (Å²) in [5, 5.41) is 0. The van der Waals surface area contributed by atoms with E-state index in [-0.39, 0.29) is 17.9 Å². The first-order valence-corrected chi connectivity index (χ1v) is 5.94. The molecule has 18 heavy (non-hydrogen) atoms. The van der Waals surface area contributed by atoms with Gasteiger partial charge < -0.3 is 9.47 Å². The molecule has 0 amide bonds. The van der Waals surface area contributed by atoms with Crippen molar-refractivity contribution in [1.29, 1.82) is 0 Å². The molecule has 96 valence electrons. The highest BCUT2D eigenvalue weighted by molar-refractivity contribution is 5.91. The van der Waals surface area contributed by atoms with E-state index < -0.39 is 0 Å². The smallest absolute Gasteiger partial charge is 0.338 e. The summed E-state index contributed by atoms with van der Waals surface area (Å²) < 4.78 is 9.55. The van der Waals surface area contributed by atoms with Crippen molar-refractivity contribution in [3.63, 3.8) is 0 Å². The Kier molecular flexibility index (Phi) is 3.65. The maximum Gasteiger partial charge on any atom is 0.338 e. The van der Waals surface area contributed by atoms with Gasteiger partial charge in [-0.05, 0) is 36.5 Å². The van der Waals surface area contributed by atoms with Crippen molar-refractivity contribution in [2.75, 3.05) is 14.2 Å². The molecule has 0 saturated heterocycles. The van der Waals surface area contributed by atoms with E-state index in [2.05, 4.69) is 0 Å². The minimum Gasteiger partial charge on any atom is -0.469 e. The Balaban J connectivity index is 2.34. The van der Waals surface area contributed by atoms with Crippen molar-refractivity contribution in [2.24, 2.45) is 5.92 Å². The molecule has 1 aliphatic carbocycles. The minimum absolute atomic E-state index is 0.159. The van der Waals surface area contributed by atoms with Crippen LogP contribution in [0.15, 0.2) is 18.2 Å². The molecule has 1 aromatic carbocycles. The summed E-state index contributed by atoms with van der Waals surface area (Å²) in [6.45, 7) is 0. The van der Waals surface area contributed by atoms with Crippen molar-refractivity contribution in [3.8, 4) is 0 Å². The highest BCUT2D eigenvalue weighted by Crippen LogP contribution is 2.29. The first-order valence-electron chi connectivity index (χ1n) is 5.94. The van der Waals surface area contributed by atoms with Gasteiger partial charge in [-0.2, -0.15) is 0 Å². The Morgan fingerprint density at radius 3 is 2.67 bits per heavy atom. The van der Waals surface area contributed by atoms with E-state index in [0.717, 1.165) is 24.0 Å². The number of benzene rings is 1. The zero-order chi connectivity index (χ0) is 13.1. The molecule has 0 heterocycles. The molecule has 0 N–H and O–H groups in total. The van der Waals surface area contributed by atoms with Crippen LogP contribution >= 0.6 is 0 Å². The summed E-state index contributed by atoms with van der Waals surface area (Å²) in [6, 6.07) is 5.59. The number of aryl methyl sites for hydroxylation is 1. The lowest BCUT2D eigenvalue weighted by atomic mass is 9.81. The molecular formula is C14H16O4. The first kappa shape index (κ1) is 12.6. The van der Waals surface area contributed by atoms with Gasteiger partial charge in [-0.1, -0.05) is 12.1 Å². The SMILES string of the molecule is COC(=O)c1cccc2c1CC(C(=O)OC)CC2. The standard InChI is InChI=1S/C14H16O4/c1-17-13(15)10-7-6-9-4-3-5-11(12(9)8-10)14(16)18-2/h3-5,10H,6-8H2,1-2H3. The molecule has 4 nitrogen and oxygen atoms in total. The summed E-state index contributed by atoms with van der Waals surface area (Å²) in [7, 11) is 2.76. The van der Waals surface area contributed by atoms with Gasteiger partial charge in [0.05, 0.1) is 25.7 Å². The second-order valence-electron chi connectivity index (χ2n) is 4.40. The third-order valence-electron chi connectivity index (χ3n) is 3.43. The number of carbonyl (C=O) groups excluding carboxylic acids is 2. The third kappa shape index (κ3) is 2.23. The van der Waals surface area contributed by atoms with Gasteiger partial charge >= 0.3 is 11.9 Å². The number of fused-ring (bicyclic) bond motifs is 1. The van der Waals surface area contributed by atoms with E-state index in [9.17, 15) is 9.59 Å². The fraction of sp³-hybridized carbons (Fsp3) is 0.429. The highest BCUT2D eigenvalue weighted by atomic mass is 16.5. The summed E-state index contributed by atoms with van der Waals surface area (Å²) >= 11 is 0. The molecule has 0 radical (unpaired) electrons. The first-order chi connectivity index (χ1) is 8.67. The molecule has 1 aromatic rings. The molecule has 1 unspecified atom stereocenters. The normalized spacial score (nSPS) is 17.8. The third-order valence-corrected chi connectivity index (χ3v) is 3.43. The maximum absolute atomic E-state index is 11.7. The average Bonchev–Trinajstić information content (AvgIpc) is 2.44. The number of hydrogen-bond donors (Lipinski definition) is 0. The Hall–Kier alpha value is -1.84. The van der Waals surface area contributed by atoms with Crippen molar-refractivity contribution in [1.82, 2.24) is 0 Å².